The van der Waals surface area contributed by atoms with Crippen LogP contribution in [0.15, 0.2) is 36.7 Å². The largest absolute Gasteiger partial charge is 0.465 e. The molecule has 3 aromatic rings. The zero-order chi connectivity index (χ0) is 20.4. The summed E-state index contributed by atoms with van der Waals surface area (Å²) < 4.78 is 14.4. The Balaban J connectivity index is 1.61. The lowest BCUT2D eigenvalue weighted by Crippen LogP contribution is -2.49. The van der Waals surface area contributed by atoms with Crippen molar-refractivity contribution in [2.24, 2.45) is 0 Å². The molecule has 4 rings (SSSR count). The van der Waals surface area contributed by atoms with Crippen LogP contribution in [-0.2, 0) is 12.0 Å². The second-order valence-corrected chi connectivity index (χ2v) is 8.02. The van der Waals surface area contributed by atoms with Crippen LogP contribution in [0.25, 0.3) is 10.7 Å². The average Bonchev–Trinajstić information content (AvgIpc) is 3.18. The third kappa shape index (κ3) is 3.68. The van der Waals surface area contributed by atoms with Gasteiger partial charge in [0.25, 0.3) is 0 Å². The molecule has 8 nitrogen and oxygen atoms in total. The van der Waals surface area contributed by atoms with Crippen molar-refractivity contribution in [3.8, 4) is 10.7 Å². The molecule has 1 aliphatic rings. The summed E-state index contributed by atoms with van der Waals surface area (Å²) in [5, 5.41) is 27.6. The minimum Gasteiger partial charge on any atom is -0.465 e. The monoisotopic (exact) mass is 415 g/mol. The second kappa shape index (κ2) is 7.80. The first kappa shape index (κ1) is 19.3. The molecule has 1 fully saturated rings. The fraction of sp³-hybridized carbons (Fsp3) is 0.316. The van der Waals surface area contributed by atoms with Crippen molar-refractivity contribution in [1.82, 2.24) is 20.2 Å². The van der Waals surface area contributed by atoms with E-state index in [0.717, 1.165) is 11.3 Å². The third-order valence-electron chi connectivity index (χ3n) is 5.12. The number of hydrogen-bond donors (Lipinski definition) is 2. The van der Waals surface area contributed by atoms with Crippen LogP contribution in [-0.4, -0.2) is 43.0 Å². The topological polar surface area (TPSA) is 112 Å². The fourth-order valence-corrected chi connectivity index (χ4v) is 4.22. The number of anilines is 1. The van der Waals surface area contributed by atoms with Crippen LogP contribution in [0.2, 0.25) is 0 Å². The number of pyridine rings is 1. The molecule has 0 atom stereocenters. The first-order chi connectivity index (χ1) is 14.0. The quantitative estimate of drug-likeness (QED) is 0.635. The molecule has 3 aromatic heterocycles. The Hall–Kier alpha value is -2.98. The summed E-state index contributed by atoms with van der Waals surface area (Å²) in [5.41, 5.74) is 0.106. The zero-order valence-corrected chi connectivity index (χ0v) is 16.1. The normalized spacial score (nSPS) is 15.0. The molecular formula is C19H18FN5O3S. The lowest BCUT2D eigenvalue weighted by Gasteiger charge is -2.43. The molecular weight excluding hydrogens is 397 g/mol. The molecule has 0 aliphatic heterocycles. The second-order valence-electron chi connectivity index (χ2n) is 6.90. The van der Waals surface area contributed by atoms with Crippen LogP contribution in [0.1, 0.15) is 29.8 Å². The van der Waals surface area contributed by atoms with Gasteiger partial charge in [0, 0.05) is 24.4 Å². The highest BCUT2D eigenvalue weighted by atomic mass is 32.1. The van der Waals surface area contributed by atoms with Gasteiger partial charge in [0.15, 0.2) is 5.82 Å². The Kier molecular flexibility index (Phi) is 5.20. The van der Waals surface area contributed by atoms with E-state index in [1.165, 1.54) is 29.7 Å². The van der Waals surface area contributed by atoms with Crippen molar-refractivity contribution >= 4 is 23.2 Å². The lowest BCUT2D eigenvalue weighted by molar-refractivity contribution is 0.188. The first-order valence-corrected chi connectivity index (χ1v) is 9.85. The minimum absolute atomic E-state index is 0.0518. The number of aliphatic hydroxyl groups is 1. The molecule has 1 amide bonds. The highest BCUT2D eigenvalue weighted by Gasteiger charge is 2.44. The molecule has 0 saturated heterocycles. The Morgan fingerprint density at radius 1 is 1.24 bits per heavy atom. The van der Waals surface area contributed by atoms with Crippen molar-refractivity contribution in [1.29, 1.82) is 0 Å². The van der Waals surface area contributed by atoms with Gasteiger partial charge < -0.3 is 10.2 Å². The van der Waals surface area contributed by atoms with E-state index in [2.05, 4.69) is 20.2 Å². The number of hydrogen-bond acceptors (Lipinski definition) is 7. The Labute approximate surface area is 169 Å². The Bertz CT molecular complexity index is 1020. The van der Waals surface area contributed by atoms with E-state index in [-0.39, 0.29) is 19.0 Å². The van der Waals surface area contributed by atoms with E-state index in [0.29, 0.717) is 34.1 Å². The maximum atomic E-state index is 14.4. The third-order valence-corrected chi connectivity index (χ3v) is 6.12. The van der Waals surface area contributed by atoms with E-state index in [1.54, 1.807) is 18.3 Å². The number of carboxylic acid groups (broad SMARTS) is 1. The number of nitrogens with zero attached hydrogens (tertiary/aromatic N) is 5. The van der Waals surface area contributed by atoms with Crippen LogP contribution < -0.4 is 4.90 Å². The predicted molar refractivity (Wildman–Crippen MR) is 104 cm³/mol. The number of aliphatic hydroxyl groups excluding tert-OH is 1. The van der Waals surface area contributed by atoms with Crippen LogP contribution >= 0.6 is 11.3 Å². The van der Waals surface area contributed by atoms with Gasteiger partial charge in [-0.2, -0.15) is 0 Å². The Morgan fingerprint density at radius 2 is 2.07 bits per heavy atom. The van der Waals surface area contributed by atoms with Gasteiger partial charge in [-0.1, -0.05) is 6.42 Å². The smallest absolute Gasteiger partial charge is 0.413 e. The summed E-state index contributed by atoms with van der Waals surface area (Å²) in [5.74, 6) is -0.273. The number of aromatic nitrogens is 4. The SMILES string of the molecule is O=C(O)N(CC1(c2ncccc2F)CCC1)c1ccc(-c2ncc(CO)s2)nn1. The van der Waals surface area contributed by atoms with Gasteiger partial charge in [0.2, 0.25) is 0 Å². The maximum Gasteiger partial charge on any atom is 0.413 e. The van der Waals surface area contributed by atoms with Crippen molar-refractivity contribution < 1.29 is 19.4 Å². The summed E-state index contributed by atoms with van der Waals surface area (Å²) in [4.78, 5) is 22.1. The summed E-state index contributed by atoms with van der Waals surface area (Å²) >= 11 is 1.28. The number of halogens is 1. The highest BCUT2D eigenvalue weighted by molar-refractivity contribution is 7.14. The zero-order valence-electron chi connectivity index (χ0n) is 15.3. The van der Waals surface area contributed by atoms with Crippen molar-refractivity contribution in [2.75, 3.05) is 11.4 Å². The Morgan fingerprint density at radius 3 is 2.62 bits per heavy atom. The van der Waals surface area contributed by atoms with Crippen LogP contribution in [0, 0.1) is 5.82 Å². The number of rotatable bonds is 6. The van der Waals surface area contributed by atoms with Gasteiger partial charge in [-0.25, -0.2) is 14.2 Å². The molecule has 10 heteroatoms. The summed E-state index contributed by atoms with van der Waals surface area (Å²) in [7, 11) is 0. The van der Waals surface area contributed by atoms with Crippen molar-refractivity contribution in [3.63, 3.8) is 0 Å². The van der Waals surface area contributed by atoms with E-state index < -0.39 is 17.3 Å². The molecule has 1 saturated carbocycles. The highest BCUT2D eigenvalue weighted by Crippen LogP contribution is 2.44. The van der Waals surface area contributed by atoms with Crippen LogP contribution in [0.3, 0.4) is 0 Å². The standard InChI is InChI=1S/C19H18FN5O3S/c20-13-3-1-8-21-16(13)19(6-2-7-19)11-25(18(27)28)15-5-4-14(23-24-15)17-22-9-12(10-26)29-17/h1,3-5,8-9,26H,2,6-7,10-11H2,(H,27,28). The van der Waals surface area contributed by atoms with Crippen LogP contribution in [0.4, 0.5) is 15.0 Å². The number of thiazole rings is 1. The molecule has 150 valence electrons. The molecule has 0 aromatic carbocycles. The summed E-state index contributed by atoms with van der Waals surface area (Å²) in [6, 6.07) is 6.05. The van der Waals surface area contributed by atoms with Crippen molar-refractivity contribution in [2.45, 2.75) is 31.3 Å². The van der Waals surface area contributed by atoms with E-state index in [9.17, 15) is 14.3 Å². The van der Waals surface area contributed by atoms with Gasteiger partial charge in [-0.3, -0.25) is 9.88 Å². The van der Waals surface area contributed by atoms with E-state index in [4.69, 9.17) is 5.11 Å². The van der Waals surface area contributed by atoms with Crippen LogP contribution in [0.5, 0.6) is 0 Å². The molecule has 0 bridgehead atoms. The molecule has 0 unspecified atom stereocenters. The summed E-state index contributed by atoms with van der Waals surface area (Å²) in [6.45, 7) is -0.0572. The van der Waals surface area contributed by atoms with E-state index in [1.807, 2.05) is 0 Å². The molecule has 0 spiro atoms. The van der Waals surface area contributed by atoms with Crippen molar-refractivity contribution in [3.05, 3.63) is 53.0 Å². The maximum absolute atomic E-state index is 14.4. The fourth-order valence-electron chi connectivity index (χ4n) is 3.48. The van der Waals surface area contributed by atoms with Gasteiger partial charge in [-0.15, -0.1) is 21.5 Å². The minimum atomic E-state index is -1.19. The molecule has 3 heterocycles. The summed E-state index contributed by atoms with van der Waals surface area (Å²) in [6.07, 6.45) is 4.07. The molecule has 0 radical (unpaired) electrons. The van der Waals surface area contributed by atoms with Gasteiger partial charge in [-0.05, 0) is 37.1 Å². The first-order valence-electron chi connectivity index (χ1n) is 9.03. The van der Waals surface area contributed by atoms with E-state index >= 15 is 0 Å². The van der Waals surface area contributed by atoms with Gasteiger partial charge in [0.1, 0.15) is 16.5 Å². The molecule has 2 N–H and O–H groups in total. The van der Waals surface area contributed by atoms with Gasteiger partial charge in [0.05, 0.1) is 17.2 Å². The predicted octanol–water partition coefficient (Wildman–Crippen LogP) is 3.23. The molecule has 1 aliphatic carbocycles. The molecule has 29 heavy (non-hydrogen) atoms. The number of carbonyl (C=O) groups is 1. The number of amides is 1. The average molecular weight is 415 g/mol. The van der Waals surface area contributed by atoms with Gasteiger partial charge >= 0.3 is 6.09 Å². The lowest BCUT2D eigenvalue weighted by atomic mass is 9.66.